The largest absolute Gasteiger partial charge is 0.356 e. The van der Waals surface area contributed by atoms with E-state index in [0.717, 1.165) is 17.5 Å². The molecule has 4 heteroatoms. The predicted molar refractivity (Wildman–Crippen MR) is 80.4 cm³/mol. The normalized spacial score (nSPS) is 19.7. The van der Waals surface area contributed by atoms with Crippen molar-refractivity contribution in [1.82, 2.24) is 5.32 Å². The van der Waals surface area contributed by atoms with E-state index in [9.17, 15) is 13.6 Å². The third-order valence-corrected chi connectivity index (χ3v) is 4.05. The molecule has 2 unspecified atom stereocenters. The maximum absolute atomic E-state index is 12.9. The van der Waals surface area contributed by atoms with Gasteiger partial charge in [0.15, 0.2) is 0 Å². The molecule has 114 valence electrons. The minimum absolute atomic E-state index is 0.0151. The minimum atomic E-state index is -0.260. The van der Waals surface area contributed by atoms with Gasteiger partial charge in [0.2, 0.25) is 5.91 Å². The molecule has 22 heavy (non-hydrogen) atoms. The van der Waals surface area contributed by atoms with E-state index in [4.69, 9.17) is 0 Å². The van der Waals surface area contributed by atoms with Gasteiger partial charge in [-0.05, 0) is 54.2 Å². The van der Waals surface area contributed by atoms with Crippen LogP contribution in [0.15, 0.2) is 48.5 Å². The number of carbonyl (C=O) groups excluding carboxylic acids is 1. The molecule has 0 aromatic heterocycles. The lowest BCUT2D eigenvalue weighted by Gasteiger charge is -2.05. The lowest BCUT2D eigenvalue weighted by atomic mass is 10.1. The van der Waals surface area contributed by atoms with Gasteiger partial charge in [0.25, 0.3) is 0 Å². The number of rotatable bonds is 5. The Morgan fingerprint density at radius 2 is 1.59 bits per heavy atom. The molecular weight excluding hydrogens is 284 g/mol. The fourth-order valence-corrected chi connectivity index (χ4v) is 2.68. The van der Waals surface area contributed by atoms with E-state index in [1.165, 1.54) is 24.3 Å². The van der Waals surface area contributed by atoms with Gasteiger partial charge >= 0.3 is 0 Å². The van der Waals surface area contributed by atoms with Crippen LogP contribution in [0, 0.1) is 17.6 Å². The van der Waals surface area contributed by atoms with Crippen LogP contribution >= 0.6 is 0 Å². The Morgan fingerprint density at radius 3 is 2.23 bits per heavy atom. The fourth-order valence-electron chi connectivity index (χ4n) is 2.68. The van der Waals surface area contributed by atoms with E-state index < -0.39 is 0 Å². The molecule has 1 aliphatic carbocycles. The van der Waals surface area contributed by atoms with Crippen molar-refractivity contribution in [3.63, 3.8) is 0 Å². The first-order valence-electron chi connectivity index (χ1n) is 7.41. The highest BCUT2D eigenvalue weighted by Crippen LogP contribution is 2.47. The van der Waals surface area contributed by atoms with Crippen LogP contribution < -0.4 is 5.32 Å². The second kappa shape index (κ2) is 6.26. The van der Waals surface area contributed by atoms with Crippen molar-refractivity contribution in [2.45, 2.75) is 18.8 Å². The van der Waals surface area contributed by atoms with Crippen molar-refractivity contribution in [3.05, 3.63) is 71.3 Å². The van der Waals surface area contributed by atoms with Gasteiger partial charge in [-0.3, -0.25) is 4.79 Å². The molecule has 2 aromatic rings. The van der Waals surface area contributed by atoms with E-state index in [1.54, 1.807) is 24.3 Å². The molecule has 0 aliphatic heterocycles. The van der Waals surface area contributed by atoms with Crippen LogP contribution in [0.1, 0.15) is 23.5 Å². The highest BCUT2D eigenvalue weighted by Gasteiger charge is 2.43. The van der Waals surface area contributed by atoms with Crippen LogP contribution in [0.2, 0.25) is 0 Å². The Labute approximate surface area is 128 Å². The van der Waals surface area contributed by atoms with Gasteiger partial charge in [0.05, 0.1) is 0 Å². The molecule has 2 aromatic carbocycles. The number of benzene rings is 2. The average Bonchev–Trinajstić information content (AvgIpc) is 3.30. The molecule has 0 spiro atoms. The topological polar surface area (TPSA) is 29.1 Å². The maximum atomic E-state index is 12.9. The minimum Gasteiger partial charge on any atom is -0.356 e. The summed E-state index contributed by atoms with van der Waals surface area (Å²) in [4.78, 5) is 12.1. The summed E-state index contributed by atoms with van der Waals surface area (Å²) in [6.07, 6.45) is 1.49. The van der Waals surface area contributed by atoms with Crippen molar-refractivity contribution < 1.29 is 13.6 Å². The van der Waals surface area contributed by atoms with Crippen molar-refractivity contribution >= 4 is 5.91 Å². The first kappa shape index (κ1) is 14.7. The number of hydrogen-bond acceptors (Lipinski definition) is 1. The Morgan fingerprint density at radius 1 is 1.00 bits per heavy atom. The summed E-state index contributed by atoms with van der Waals surface area (Å²) in [6.45, 7) is 0.539. The highest BCUT2D eigenvalue weighted by molar-refractivity contribution is 5.82. The molecule has 1 fully saturated rings. The van der Waals surface area contributed by atoms with Crippen LogP contribution in [-0.2, 0) is 11.2 Å². The fraction of sp³-hybridized carbons (Fsp3) is 0.278. The van der Waals surface area contributed by atoms with Gasteiger partial charge in [0, 0.05) is 12.5 Å². The number of halogens is 2. The van der Waals surface area contributed by atoms with Gasteiger partial charge in [-0.1, -0.05) is 24.3 Å². The molecule has 0 bridgehead atoms. The lowest BCUT2D eigenvalue weighted by Crippen LogP contribution is -2.27. The molecule has 0 radical (unpaired) electrons. The summed E-state index contributed by atoms with van der Waals surface area (Å²) < 4.78 is 25.7. The summed E-state index contributed by atoms with van der Waals surface area (Å²) in [5, 5.41) is 2.91. The second-order valence-electron chi connectivity index (χ2n) is 5.67. The van der Waals surface area contributed by atoms with E-state index in [-0.39, 0.29) is 29.4 Å². The molecule has 1 N–H and O–H groups in total. The smallest absolute Gasteiger partial charge is 0.223 e. The third-order valence-electron chi connectivity index (χ3n) is 4.05. The zero-order chi connectivity index (χ0) is 15.5. The Balaban J connectivity index is 1.45. The van der Waals surface area contributed by atoms with Gasteiger partial charge in [0.1, 0.15) is 11.6 Å². The van der Waals surface area contributed by atoms with Gasteiger partial charge < -0.3 is 5.32 Å². The zero-order valence-corrected chi connectivity index (χ0v) is 12.1. The SMILES string of the molecule is O=C(NCCc1ccc(F)cc1)C1CC1c1ccc(F)cc1. The molecule has 1 saturated carbocycles. The van der Waals surface area contributed by atoms with Crippen LogP contribution in [0.25, 0.3) is 0 Å². The van der Waals surface area contributed by atoms with Crippen molar-refractivity contribution in [2.75, 3.05) is 6.54 Å². The van der Waals surface area contributed by atoms with E-state index in [0.29, 0.717) is 13.0 Å². The summed E-state index contributed by atoms with van der Waals surface area (Å²) >= 11 is 0. The molecule has 3 rings (SSSR count). The summed E-state index contributed by atoms with van der Waals surface area (Å²) in [5.41, 5.74) is 2.01. The van der Waals surface area contributed by atoms with Crippen molar-refractivity contribution in [2.24, 2.45) is 5.92 Å². The Bertz CT molecular complexity index is 652. The second-order valence-corrected chi connectivity index (χ2v) is 5.67. The predicted octanol–water partition coefficient (Wildman–Crippen LogP) is 3.43. The van der Waals surface area contributed by atoms with E-state index in [2.05, 4.69) is 5.32 Å². The molecule has 0 heterocycles. The van der Waals surface area contributed by atoms with Gasteiger partial charge in [-0.2, -0.15) is 0 Å². The van der Waals surface area contributed by atoms with Crippen LogP contribution in [-0.4, -0.2) is 12.5 Å². The number of hydrogen-bond donors (Lipinski definition) is 1. The first-order valence-corrected chi connectivity index (χ1v) is 7.41. The zero-order valence-electron chi connectivity index (χ0n) is 12.1. The van der Waals surface area contributed by atoms with E-state index >= 15 is 0 Å². The van der Waals surface area contributed by atoms with Crippen LogP contribution in [0.5, 0.6) is 0 Å². The third kappa shape index (κ3) is 3.50. The summed E-state index contributed by atoms with van der Waals surface area (Å²) in [6, 6.07) is 12.6. The number of carbonyl (C=O) groups is 1. The quantitative estimate of drug-likeness (QED) is 0.900. The standard InChI is InChI=1S/C18H17F2NO/c19-14-5-1-12(2-6-14)9-10-21-18(22)17-11-16(17)13-3-7-15(20)8-4-13/h1-8,16-17H,9-11H2,(H,21,22). The van der Waals surface area contributed by atoms with Crippen molar-refractivity contribution in [3.8, 4) is 0 Å². The first-order chi connectivity index (χ1) is 10.6. The Hall–Kier alpha value is -2.23. The Kier molecular flexibility index (Phi) is 4.18. The molecule has 0 saturated heterocycles. The van der Waals surface area contributed by atoms with Gasteiger partial charge in [-0.25, -0.2) is 8.78 Å². The highest BCUT2D eigenvalue weighted by atomic mass is 19.1. The summed E-state index contributed by atoms with van der Waals surface area (Å²) in [5.74, 6) is -0.292. The molecule has 2 atom stereocenters. The summed E-state index contributed by atoms with van der Waals surface area (Å²) in [7, 11) is 0. The molecule has 1 amide bonds. The van der Waals surface area contributed by atoms with E-state index in [1.807, 2.05) is 0 Å². The molecule has 1 aliphatic rings. The average molecular weight is 301 g/mol. The number of nitrogens with one attached hydrogen (secondary N) is 1. The van der Waals surface area contributed by atoms with Crippen molar-refractivity contribution in [1.29, 1.82) is 0 Å². The van der Waals surface area contributed by atoms with Crippen LogP contribution in [0.4, 0.5) is 8.78 Å². The van der Waals surface area contributed by atoms with Crippen LogP contribution in [0.3, 0.4) is 0 Å². The monoisotopic (exact) mass is 301 g/mol. The maximum Gasteiger partial charge on any atom is 0.223 e. The lowest BCUT2D eigenvalue weighted by molar-refractivity contribution is -0.122. The molecular formula is C18H17F2NO. The molecule has 2 nitrogen and oxygen atoms in total. The number of amides is 1. The van der Waals surface area contributed by atoms with Gasteiger partial charge in [-0.15, -0.1) is 0 Å².